The van der Waals surface area contributed by atoms with Crippen LogP contribution in [-0.2, 0) is 0 Å². The van der Waals surface area contributed by atoms with E-state index in [2.05, 4.69) is 10.5 Å². The number of halogens is 3. The molecule has 1 N–H and O–H groups in total. The highest BCUT2D eigenvalue weighted by Crippen LogP contribution is 2.25. The molecule has 0 spiro atoms. The molecular weight excluding hydrogens is 349 g/mol. The average Bonchev–Trinajstić information content (AvgIpc) is 3.09. The number of urea groups is 1. The Balaban J connectivity index is 1.55. The molecule has 0 radical (unpaired) electrons. The van der Waals surface area contributed by atoms with E-state index in [1.54, 1.807) is 6.07 Å². The SMILES string of the molecule is CC(N1CCN(C(=O)Nc2cc(-c3ccccc3)on2)CC1)C(F)(F)F. The fourth-order valence-electron chi connectivity index (χ4n) is 2.78. The zero-order valence-corrected chi connectivity index (χ0v) is 14.2. The van der Waals surface area contributed by atoms with E-state index in [4.69, 9.17) is 4.52 Å². The maximum atomic E-state index is 12.8. The molecule has 1 aromatic carbocycles. The molecule has 0 aliphatic carbocycles. The fraction of sp³-hybridized carbons (Fsp3) is 0.412. The summed E-state index contributed by atoms with van der Waals surface area (Å²) >= 11 is 0. The van der Waals surface area contributed by atoms with Gasteiger partial charge >= 0.3 is 12.2 Å². The van der Waals surface area contributed by atoms with Gasteiger partial charge in [-0.3, -0.25) is 10.2 Å². The number of aromatic nitrogens is 1. The molecule has 6 nitrogen and oxygen atoms in total. The summed E-state index contributed by atoms with van der Waals surface area (Å²) in [5.41, 5.74) is 0.829. The molecule has 2 aromatic rings. The Morgan fingerprint density at radius 2 is 1.85 bits per heavy atom. The summed E-state index contributed by atoms with van der Waals surface area (Å²) in [5, 5.41) is 6.43. The summed E-state index contributed by atoms with van der Waals surface area (Å²) in [7, 11) is 0. The van der Waals surface area contributed by atoms with Crippen LogP contribution in [0.15, 0.2) is 40.9 Å². The highest BCUT2D eigenvalue weighted by atomic mass is 19.4. The zero-order valence-electron chi connectivity index (χ0n) is 14.2. The lowest BCUT2D eigenvalue weighted by Crippen LogP contribution is -2.55. The van der Waals surface area contributed by atoms with Crippen LogP contribution in [0.3, 0.4) is 0 Å². The molecule has 140 valence electrons. The van der Waals surface area contributed by atoms with Crippen LogP contribution in [0, 0.1) is 0 Å². The van der Waals surface area contributed by atoms with Crippen molar-refractivity contribution in [2.75, 3.05) is 31.5 Å². The summed E-state index contributed by atoms with van der Waals surface area (Å²) in [6.45, 7) is 1.91. The number of piperazine rings is 1. The first-order chi connectivity index (χ1) is 12.3. The molecule has 2 heterocycles. The minimum atomic E-state index is -4.26. The summed E-state index contributed by atoms with van der Waals surface area (Å²) < 4.78 is 43.5. The summed E-state index contributed by atoms with van der Waals surface area (Å²) in [5.74, 6) is 0.782. The van der Waals surface area contributed by atoms with E-state index in [0.29, 0.717) is 5.76 Å². The molecule has 1 fully saturated rings. The van der Waals surface area contributed by atoms with Crippen LogP contribution < -0.4 is 5.32 Å². The van der Waals surface area contributed by atoms with Crippen LogP contribution in [-0.4, -0.2) is 59.4 Å². The molecule has 1 aliphatic heterocycles. The number of nitrogens with one attached hydrogen (secondary N) is 1. The maximum absolute atomic E-state index is 12.8. The van der Waals surface area contributed by atoms with Gasteiger partial charge in [0.15, 0.2) is 11.6 Å². The minimum absolute atomic E-state index is 0.169. The lowest BCUT2D eigenvalue weighted by molar-refractivity contribution is -0.181. The van der Waals surface area contributed by atoms with Gasteiger partial charge in [-0.2, -0.15) is 13.2 Å². The van der Waals surface area contributed by atoms with E-state index >= 15 is 0 Å². The highest BCUT2D eigenvalue weighted by Gasteiger charge is 2.41. The van der Waals surface area contributed by atoms with Crippen molar-refractivity contribution in [2.45, 2.75) is 19.1 Å². The van der Waals surface area contributed by atoms with Crippen LogP contribution in [0.2, 0.25) is 0 Å². The third-order valence-corrected chi connectivity index (χ3v) is 4.43. The van der Waals surface area contributed by atoms with Crippen molar-refractivity contribution in [3.63, 3.8) is 0 Å². The van der Waals surface area contributed by atoms with E-state index in [9.17, 15) is 18.0 Å². The van der Waals surface area contributed by atoms with Crippen LogP contribution in [0.5, 0.6) is 0 Å². The number of benzene rings is 1. The molecule has 1 aromatic heterocycles. The average molecular weight is 368 g/mol. The lowest BCUT2D eigenvalue weighted by Gasteiger charge is -2.38. The topological polar surface area (TPSA) is 61.6 Å². The molecule has 1 aliphatic rings. The number of hydrogen-bond donors (Lipinski definition) is 1. The molecular formula is C17H19F3N4O2. The van der Waals surface area contributed by atoms with Crippen molar-refractivity contribution in [3.05, 3.63) is 36.4 Å². The molecule has 0 saturated carbocycles. The second kappa shape index (κ2) is 7.36. The van der Waals surface area contributed by atoms with Crippen LogP contribution >= 0.6 is 0 Å². The Labute approximate surface area is 148 Å². The summed E-state index contributed by atoms with van der Waals surface area (Å²) in [6.07, 6.45) is -4.26. The number of carbonyl (C=O) groups excluding carboxylic acids is 1. The van der Waals surface area contributed by atoms with Gasteiger partial charge in [-0.15, -0.1) is 0 Å². The largest absolute Gasteiger partial charge is 0.403 e. The van der Waals surface area contributed by atoms with Crippen molar-refractivity contribution < 1.29 is 22.5 Å². The fourth-order valence-corrected chi connectivity index (χ4v) is 2.78. The number of amides is 2. The number of hydrogen-bond acceptors (Lipinski definition) is 4. The van der Waals surface area contributed by atoms with Gasteiger partial charge < -0.3 is 9.42 Å². The number of nitrogens with zero attached hydrogens (tertiary/aromatic N) is 3. The normalized spacial score (nSPS) is 17.2. The molecule has 0 bridgehead atoms. The van der Waals surface area contributed by atoms with E-state index < -0.39 is 18.2 Å². The van der Waals surface area contributed by atoms with Gasteiger partial charge in [0, 0.05) is 37.8 Å². The number of carbonyl (C=O) groups is 1. The lowest BCUT2D eigenvalue weighted by atomic mass is 10.2. The smallest absolute Gasteiger partial charge is 0.354 e. The third kappa shape index (κ3) is 4.16. The van der Waals surface area contributed by atoms with Gasteiger partial charge in [0.05, 0.1) is 0 Å². The Hall–Kier alpha value is -2.55. The Bertz CT molecular complexity index is 740. The Kier molecular flexibility index (Phi) is 5.17. The van der Waals surface area contributed by atoms with E-state index in [0.717, 1.165) is 12.5 Å². The van der Waals surface area contributed by atoms with Gasteiger partial charge in [-0.1, -0.05) is 35.5 Å². The van der Waals surface area contributed by atoms with Gasteiger partial charge in [0.2, 0.25) is 0 Å². The third-order valence-electron chi connectivity index (χ3n) is 4.43. The Morgan fingerprint density at radius 1 is 1.19 bits per heavy atom. The van der Waals surface area contributed by atoms with Crippen molar-refractivity contribution in [2.24, 2.45) is 0 Å². The first-order valence-corrected chi connectivity index (χ1v) is 8.23. The molecule has 2 amide bonds. The predicted octanol–water partition coefficient (Wildman–Crippen LogP) is 3.44. The molecule has 3 rings (SSSR count). The van der Waals surface area contributed by atoms with Crippen LogP contribution in [0.25, 0.3) is 11.3 Å². The molecule has 9 heteroatoms. The van der Waals surface area contributed by atoms with Gasteiger partial charge in [0.1, 0.15) is 6.04 Å². The van der Waals surface area contributed by atoms with Gasteiger partial charge in [0.25, 0.3) is 0 Å². The summed E-state index contributed by atoms with van der Waals surface area (Å²) in [4.78, 5) is 15.1. The maximum Gasteiger partial charge on any atom is 0.403 e. The first kappa shape index (κ1) is 18.2. The van der Waals surface area contributed by atoms with Crippen molar-refractivity contribution >= 4 is 11.8 Å². The van der Waals surface area contributed by atoms with E-state index in [-0.39, 0.29) is 32.0 Å². The predicted molar refractivity (Wildman–Crippen MR) is 89.6 cm³/mol. The minimum Gasteiger partial charge on any atom is -0.354 e. The summed E-state index contributed by atoms with van der Waals surface area (Å²) in [6, 6.07) is 8.99. The van der Waals surface area contributed by atoms with Crippen LogP contribution in [0.1, 0.15) is 6.92 Å². The number of anilines is 1. The van der Waals surface area contributed by atoms with E-state index in [1.807, 2.05) is 30.3 Å². The molecule has 26 heavy (non-hydrogen) atoms. The highest BCUT2D eigenvalue weighted by molar-refractivity contribution is 5.88. The van der Waals surface area contributed by atoms with Crippen molar-refractivity contribution in [3.8, 4) is 11.3 Å². The number of rotatable bonds is 3. The quantitative estimate of drug-likeness (QED) is 0.902. The van der Waals surface area contributed by atoms with Gasteiger partial charge in [-0.25, -0.2) is 4.79 Å². The monoisotopic (exact) mass is 368 g/mol. The van der Waals surface area contributed by atoms with Crippen molar-refractivity contribution in [1.29, 1.82) is 0 Å². The second-order valence-electron chi connectivity index (χ2n) is 6.11. The molecule has 1 atom stereocenters. The molecule has 1 unspecified atom stereocenters. The first-order valence-electron chi connectivity index (χ1n) is 8.23. The van der Waals surface area contributed by atoms with E-state index in [1.165, 1.54) is 9.80 Å². The van der Waals surface area contributed by atoms with Gasteiger partial charge in [-0.05, 0) is 6.92 Å². The standard InChI is InChI=1S/C17H19F3N4O2/c1-12(17(18,19)20)23-7-9-24(10-8-23)16(25)21-15-11-14(26-22-15)13-5-3-2-4-6-13/h2-6,11-12H,7-10H2,1H3,(H,21,22,25). The zero-order chi connectivity index (χ0) is 18.7. The number of alkyl halides is 3. The Morgan fingerprint density at radius 3 is 2.46 bits per heavy atom. The molecule has 1 saturated heterocycles. The van der Waals surface area contributed by atoms with Crippen LogP contribution in [0.4, 0.5) is 23.8 Å². The van der Waals surface area contributed by atoms with Crippen molar-refractivity contribution in [1.82, 2.24) is 15.0 Å². The second-order valence-corrected chi connectivity index (χ2v) is 6.11.